The second-order valence-corrected chi connectivity index (χ2v) is 10.2. The zero-order valence-corrected chi connectivity index (χ0v) is 22.1. The van der Waals surface area contributed by atoms with E-state index in [1.807, 2.05) is 20.8 Å². The first-order valence-corrected chi connectivity index (χ1v) is 13.0. The van der Waals surface area contributed by atoms with Crippen molar-refractivity contribution in [3.8, 4) is 6.07 Å². The van der Waals surface area contributed by atoms with E-state index in [2.05, 4.69) is 16.4 Å². The fraction of sp³-hybridized carbons (Fsp3) is 0.379. The Morgan fingerprint density at radius 1 is 1.21 bits per heavy atom. The van der Waals surface area contributed by atoms with E-state index < -0.39 is 41.4 Å². The molecule has 0 spiro atoms. The number of H-pyrrole nitrogens is 1. The topological polar surface area (TPSA) is 109 Å². The van der Waals surface area contributed by atoms with Gasteiger partial charge in [0.2, 0.25) is 11.8 Å². The third-order valence-electron chi connectivity index (χ3n) is 6.79. The fourth-order valence-corrected chi connectivity index (χ4v) is 5.01. The van der Waals surface area contributed by atoms with E-state index in [0.717, 1.165) is 17.7 Å². The van der Waals surface area contributed by atoms with Crippen molar-refractivity contribution in [3.63, 3.8) is 0 Å². The van der Waals surface area contributed by atoms with E-state index in [4.69, 9.17) is 0 Å². The minimum atomic E-state index is -0.983. The second kappa shape index (κ2) is 11.6. The molecule has 0 fully saturated rings. The summed E-state index contributed by atoms with van der Waals surface area (Å²) < 4.78 is 28.1. The Kier molecular flexibility index (Phi) is 8.29. The van der Waals surface area contributed by atoms with Crippen molar-refractivity contribution in [1.29, 1.82) is 5.26 Å². The van der Waals surface area contributed by atoms with Crippen LogP contribution in [0, 0.1) is 28.9 Å². The first kappa shape index (κ1) is 27.8. The largest absolute Gasteiger partial charge is 0.350 e. The van der Waals surface area contributed by atoms with E-state index in [1.165, 1.54) is 15.9 Å². The van der Waals surface area contributed by atoms with Gasteiger partial charge in [-0.2, -0.15) is 5.26 Å². The number of aromatic nitrogens is 1. The van der Waals surface area contributed by atoms with Gasteiger partial charge in [0, 0.05) is 30.1 Å². The number of rotatable bonds is 7. The molecule has 0 aliphatic carbocycles. The third kappa shape index (κ3) is 5.93. The Balaban J connectivity index is 1.72. The lowest BCUT2D eigenvalue weighted by atomic mass is 9.97. The number of benzene rings is 2. The number of carbonyl (C=O) groups excluding carboxylic acids is 3. The van der Waals surface area contributed by atoms with E-state index in [1.54, 1.807) is 24.3 Å². The monoisotopic (exact) mass is 535 g/mol. The molecule has 1 aliphatic heterocycles. The minimum absolute atomic E-state index is 0.00907. The van der Waals surface area contributed by atoms with Crippen LogP contribution in [-0.2, 0) is 16.0 Å². The maximum absolute atomic E-state index is 14.4. The Hall–Kier alpha value is -4.26. The number of carbonyl (C=O) groups is 3. The van der Waals surface area contributed by atoms with Gasteiger partial charge >= 0.3 is 0 Å². The highest BCUT2D eigenvalue weighted by Crippen LogP contribution is 2.26. The number of nitrogens with one attached hydrogen (secondary N) is 2. The fourth-order valence-electron chi connectivity index (χ4n) is 5.01. The molecule has 0 radical (unpaired) electrons. The Morgan fingerprint density at radius 3 is 2.64 bits per heavy atom. The van der Waals surface area contributed by atoms with Crippen molar-refractivity contribution in [1.82, 2.24) is 14.8 Å². The van der Waals surface area contributed by atoms with E-state index >= 15 is 0 Å². The van der Waals surface area contributed by atoms with Gasteiger partial charge in [-0.1, -0.05) is 39.0 Å². The first-order valence-electron chi connectivity index (χ1n) is 13.0. The lowest BCUT2D eigenvalue weighted by molar-refractivity contribution is -0.141. The van der Waals surface area contributed by atoms with E-state index in [-0.39, 0.29) is 48.4 Å². The van der Waals surface area contributed by atoms with Crippen LogP contribution in [0.4, 0.5) is 14.5 Å². The van der Waals surface area contributed by atoms with Gasteiger partial charge in [-0.05, 0) is 42.5 Å². The average molecular weight is 536 g/mol. The van der Waals surface area contributed by atoms with Crippen molar-refractivity contribution in [2.45, 2.75) is 52.1 Å². The predicted octanol–water partition coefficient (Wildman–Crippen LogP) is 4.63. The molecule has 3 aromatic rings. The van der Waals surface area contributed by atoms with Crippen molar-refractivity contribution in [2.75, 3.05) is 18.4 Å². The van der Waals surface area contributed by atoms with Gasteiger partial charge in [0.15, 0.2) is 0 Å². The van der Waals surface area contributed by atoms with Gasteiger partial charge in [0.25, 0.3) is 5.91 Å². The highest BCUT2D eigenvalue weighted by Gasteiger charge is 2.38. The van der Waals surface area contributed by atoms with E-state index in [9.17, 15) is 28.4 Å². The molecule has 1 aliphatic rings. The van der Waals surface area contributed by atoms with Crippen LogP contribution in [0.3, 0.4) is 0 Å². The number of hydrogen-bond acceptors (Lipinski definition) is 4. The smallest absolute Gasteiger partial charge is 0.270 e. The summed E-state index contributed by atoms with van der Waals surface area (Å²) in [5.74, 6) is -3.10. The molecular weight excluding hydrogens is 504 g/mol. The van der Waals surface area contributed by atoms with Crippen molar-refractivity contribution in [2.24, 2.45) is 5.92 Å². The standard InChI is InChI=1S/C29H31F2N5O3/c1-4-9-35(28(38)25-14-21-22(31)12-19(30)13-24(21)33-25)26(10-17(2)3)29(39)36-16-27(37)34-23-8-6-5-7-18(23)11-20(36)15-32/h5-8,12-14,17,20,26,33H,4,9-11,16H2,1-3H3,(H,34,37)/t20-,26-/m0/s1. The van der Waals surface area contributed by atoms with E-state index in [0.29, 0.717) is 12.1 Å². The molecule has 2 N–H and O–H groups in total. The number of nitriles is 1. The minimum Gasteiger partial charge on any atom is -0.350 e. The molecule has 0 saturated carbocycles. The zero-order chi connectivity index (χ0) is 28.3. The SMILES string of the molecule is CCCN(C(=O)c1cc2c(F)cc(F)cc2[nH]1)[C@@H](CC(C)C)C(=O)N1CC(=O)Nc2ccccc2C[C@H]1C#N. The summed E-state index contributed by atoms with van der Waals surface area (Å²) in [5, 5.41) is 12.9. The lowest BCUT2D eigenvalue weighted by Crippen LogP contribution is -2.56. The van der Waals surface area contributed by atoms with Gasteiger partial charge in [-0.25, -0.2) is 8.78 Å². The number of para-hydroxylation sites is 1. The van der Waals surface area contributed by atoms with Gasteiger partial charge < -0.3 is 20.1 Å². The molecule has 10 heteroatoms. The number of hydrogen-bond donors (Lipinski definition) is 2. The van der Waals surface area contributed by atoms with Crippen LogP contribution in [0.15, 0.2) is 42.5 Å². The molecule has 4 rings (SSSR count). The Bertz CT molecular complexity index is 1440. The van der Waals surface area contributed by atoms with Crippen molar-refractivity contribution in [3.05, 3.63) is 65.4 Å². The number of amides is 3. The molecule has 0 saturated heterocycles. The predicted molar refractivity (Wildman–Crippen MR) is 143 cm³/mol. The summed E-state index contributed by atoms with van der Waals surface area (Å²) >= 11 is 0. The van der Waals surface area contributed by atoms with Crippen molar-refractivity contribution >= 4 is 34.3 Å². The maximum atomic E-state index is 14.4. The highest BCUT2D eigenvalue weighted by molar-refractivity contribution is 6.01. The molecule has 0 bridgehead atoms. The second-order valence-electron chi connectivity index (χ2n) is 10.2. The summed E-state index contributed by atoms with van der Waals surface area (Å²) in [5.41, 5.74) is 1.46. The Morgan fingerprint density at radius 2 is 1.95 bits per heavy atom. The van der Waals surface area contributed by atoms with Crippen LogP contribution in [0.2, 0.25) is 0 Å². The molecule has 3 amide bonds. The number of anilines is 1. The number of halogens is 2. The maximum Gasteiger partial charge on any atom is 0.270 e. The summed E-state index contributed by atoms with van der Waals surface area (Å²) in [4.78, 5) is 46.2. The van der Waals surface area contributed by atoms with Crippen LogP contribution in [0.25, 0.3) is 10.9 Å². The third-order valence-corrected chi connectivity index (χ3v) is 6.79. The van der Waals surface area contributed by atoms with Gasteiger partial charge in [-0.15, -0.1) is 0 Å². The molecule has 39 heavy (non-hydrogen) atoms. The average Bonchev–Trinajstić information content (AvgIpc) is 3.31. The van der Waals surface area contributed by atoms with Crippen molar-refractivity contribution < 1.29 is 23.2 Å². The number of fused-ring (bicyclic) bond motifs is 2. The molecule has 1 aromatic heterocycles. The summed E-state index contributed by atoms with van der Waals surface area (Å²) in [7, 11) is 0. The molecule has 8 nitrogen and oxygen atoms in total. The van der Waals surface area contributed by atoms with Crippen LogP contribution >= 0.6 is 0 Å². The van der Waals surface area contributed by atoms with Crippen LogP contribution < -0.4 is 5.32 Å². The summed E-state index contributed by atoms with van der Waals surface area (Å²) in [6.07, 6.45) is 1.01. The zero-order valence-electron chi connectivity index (χ0n) is 22.1. The quantitative estimate of drug-likeness (QED) is 0.460. The van der Waals surface area contributed by atoms with Crippen LogP contribution in [0.5, 0.6) is 0 Å². The lowest BCUT2D eigenvalue weighted by Gasteiger charge is -2.37. The number of aromatic amines is 1. The molecular formula is C29H31F2N5O3. The summed E-state index contributed by atoms with van der Waals surface area (Å²) in [6.45, 7) is 5.54. The highest BCUT2D eigenvalue weighted by atomic mass is 19.1. The summed E-state index contributed by atoms with van der Waals surface area (Å²) in [6, 6.07) is 10.5. The first-order chi connectivity index (χ1) is 18.6. The molecule has 204 valence electrons. The Labute approximate surface area is 225 Å². The van der Waals surface area contributed by atoms with Crippen LogP contribution in [-0.4, -0.2) is 57.7 Å². The van der Waals surface area contributed by atoms with Gasteiger partial charge in [0.05, 0.1) is 11.6 Å². The normalized spacial score (nSPS) is 16.2. The number of nitrogens with zero attached hydrogens (tertiary/aromatic N) is 3. The molecule has 2 heterocycles. The molecule has 2 aromatic carbocycles. The van der Waals surface area contributed by atoms with Crippen LogP contribution in [0.1, 0.15) is 49.7 Å². The molecule has 0 unspecified atom stereocenters. The van der Waals surface area contributed by atoms with Gasteiger partial charge in [-0.3, -0.25) is 14.4 Å². The van der Waals surface area contributed by atoms with Gasteiger partial charge in [0.1, 0.15) is 36.0 Å². The molecule has 2 atom stereocenters.